The van der Waals surface area contributed by atoms with Gasteiger partial charge in [-0.15, -0.1) is 0 Å². The number of thioether (sulfide) groups is 1. The Kier molecular flexibility index (Phi) is 8.40. The first-order valence-corrected chi connectivity index (χ1v) is 12.7. The number of nitrogens with zero attached hydrogens (tertiary/aromatic N) is 4. The van der Waals surface area contributed by atoms with Crippen LogP contribution in [0.5, 0.6) is 5.75 Å². The summed E-state index contributed by atoms with van der Waals surface area (Å²) in [5.74, 6) is 3.34. The Balaban J connectivity index is 1.52. The third kappa shape index (κ3) is 6.58. The van der Waals surface area contributed by atoms with E-state index in [4.69, 9.17) is 4.74 Å². The predicted octanol–water partition coefficient (Wildman–Crippen LogP) is 3.12. The summed E-state index contributed by atoms with van der Waals surface area (Å²) in [6, 6.07) is 5.28. The van der Waals surface area contributed by atoms with Crippen LogP contribution in [0, 0.1) is 5.82 Å². The summed E-state index contributed by atoms with van der Waals surface area (Å²) in [6.07, 6.45) is 3.26. The first-order valence-electron chi connectivity index (χ1n) is 11.5. The third-order valence-corrected chi connectivity index (χ3v) is 6.89. The van der Waals surface area contributed by atoms with E-state index in [-0.39, 0.29) is 11.8 Å². The quantitative estimate of drug-likeness (QED) is 0.409. The monoisotopic (exact) mass is 476 g/mol. The van der Waals surface area contributed by atoms with E-state index in [2.05, 4.69) is 48.0 Å². The first-order chi connectivity index (χ1) is 16.1. The van der Waals surface area contributed by atoms with Gasteiger partial charge in [0.2, 0.25) is 17.8 Å². The van der Waals surface area contributed by atoms with Crippen LogP contribution in [0.15, 0.2) is 18.2 Å². The number of hydrogen-bond donors (Lipinski definition) is 4. The molecule has 2 saturated heterocycles. The predicted molar refractivity (Wildman–Crippen MR) is 132 cm³/mol. The average molecular weight is 477 g/mol. The first kappa shape index (κ1) is 23.8. The number of aromatic nitrogens is 3. The van der Waals surface area contributed by atoms with E-state index in [0.717, 1.165) is 44.0 Å². The highest BCUT2D eigenvalue weighted by Gasteiger charge is 2.24. The summed E-state index contributed by atoms with van der Waals surface area (Å²) in [4.78, 5) is 16.1. The molecule has 1 aromatic heterocycles. The SMILES string of the molecule is CCC(Nc1nc(NCN2CCSCC2)nc(Nc2ccc(OC)c(F)c2)n1)C1CCCN1. The minimum Gasteiger partial charge on any atom is -0.494 e. The maximum absolute atomic E-state index is 14.2. The van der Waals surface area contributed by atoms with Gasteiger partial charge in [-0.05, 0) is 37.9 Å². The van der Waals surface area contributed by atoms with E-state index in [1.807, 2.05) is 11.8 Å². The van der Waals surface area contributed by atoms with Crippen molar-refractivity contribution in [2.24, 2.45) is 0 Å². The Morgan fingerprint density at radius 3 is 2.70 bits per heavy atom. The van der Waals surface area contributed by atoms with Gasteiger partial charge in [0.05, 0.1) is 13.8 Å². The molecule has 9 nitrogen and oxygen atoms in total. The molecule has 2 aromatic rings. The zero-order chi connectivity index (χ0) is 23.0. The standard InChI is InChI=1S/C22H33FN8OS/c1-3-17(18-5-4-8-24-18)27-22-29-20(25-14-31-9-11-33-12-10-31)28-21(30-22)26-15-6-7-19(32-2)16(23)13-15/h6-7,13,17-18,24H,3-5,8-12,14H2,1-2H3,(H3,25,26,27,28,29,30). The minimum atomic E-state index is -0.449. The topological polar surface area (TPSA) is 99.3 Å². The van der Waals surface area contributed by atoms with Crippen molar-refractivity contribution in [1.82, 2.24) is 25.2 Å². The highest BCUT2D eigenvalue weighted by Crippen LogP contribution is 2.24. The summed E-state index contributed by atoms with van der Waals surface area (Å²) < 4.78 is 19.2. The van der Waals surface area contributed by atoms with Crippen LogP contribution in [0.3, 0.4) is 0 Å². The van der Waals surface area contributed by atoms with Gasteiger partial charge >= 0.3 is 0 Å². The fraction of sp³-hybridized carbons (Fsp3) is 0.591. The van der Waals surface area contributed by atoms with E-state index in [1.54, 1.807) is 12.1 Å². The van der Waals surface area contributed by atoms with Crippen molar-refractivity contribution in [2.75, 3.05) is 60.9 Å². The van der Waals surface area contributed by atoms with Gasteiger partial charge in [-0.25, -0.2) is 4.39 Å². The number of ether oxygens (including phenoxy) is 1. The lowest BCUT2D eigenvalue weighted by molar-refractivity contribution is 0.324. The average Bonchev–Trinajstić information content (AvgIpc) is 3.37. The van der Waals surface area contributed by atoms with Crippen molar-refractivity contribution in [3.8, 4) is 5.75 Å². The Morgan fingerprint density at radius 2 is 2.00 bits per heavy atom. The smallest absolute Gasteiger partial charge is 0.233 e. The number of hydrogen-bond acceptors (Lipinski definition) is 10. The molecule has 0 spiro atoms. The lowest BCUT2D eigenvalue weighted by Gasteiger charge is -2.26. The summed E-state index contributed by atoms with van der Waals surface area (Å²) in [7, 11) is 1.44. The molecule has 2 aliphatic heterocycles. The van der Waals surface area contributed by atoms with Crippen LogP contribution in [0.2, 0.25) is 0 Å². The Morgan fingerprint density at radius 1 is 1.21 bits per heavy atom. The maximum atomic E-state index is 14.2. The molecule has 4 rings (SSSR count). The van der Waals surface area contributed by atoms with E-state index >= 15 is 0 Å². The van der Waals surface area contributed by atoms with Gasteiger partial charge in [-0.3, -0.25) is 4.90 Å². The van der Waals surface area contributed by atoms with Gasteiger partial charge < -0.3 is 26.0 Å². The lowest BCUT2D eigenvalue weighted by Crippen LogP contribution is -2.40. The van der Waals surface area contributed by atoms with Crippen molar-refractivity contribution in [3.63, 3.8) is 0 Å². The van der Waals surface area contributed by atoms with Gasteiger partial charge in [0.25, 0.3) is 0 Å². The number of methoxy groups -OCH3 is 1. The molecule has 11 heteroatoms. The van der Waals surface area contributed by atoms with Crippen molar-refractivity contribution in [1.29, 1.82) is 0 Å². The van der Waals surface area contributed by atoms with Crippen LogP contribution < -0.4 is 26.0 Å². The molecule has 0 saturated carbocycles. The van der Waals surface area contributed by atoms with Crippen molar-refractivity contribution in [2.45, 2.75) is 38.3 Å². The lowest BCUT2D eigenvalue weighted by atomic mass is 10.0. The molecule has 0 radical (unpaired) electrons. The van der Waals surface area contributed by atoms with Crippen molar-refractivity contribution >= 4 is 35.3 Å². The van der Waals surface area contributed by atoms with Crippen LogP contribution in [0.1, 0.15) is 26.2 Å². The second-order valence-electron chi connectivity index (χ2n) is 8.21. The molecule has 2 atom stereocenters. The molecule has 2 aliphatic rings. The Bertz CT molecular complexity index is 908. The number of benzene rings is 1. The summed E-state index contributed by atoms with van der Waals surface area (Å²) in [5.41, 5.74) is 0.536. The molecule has 0 amide bonds. The number of anilines is 4. The molecule has 0 aliphatic carbocycles. The minimum absolute atomic E-state index is 0.190. The molecule has 180 valence electrons. The number of rotatable bonds is 10. The molecule has 3 heterocycles. The fourth-order valence-corrected chi connectivity index (χ4v) is 5.08. The molecule has 1 aromatic carbocycles. The van der Waals surface area contributed by atoms with Gasteiger partial charge in [0, 0.05) is 48.4 Å². The van der Waals surface area contributed by atoms with Crippen molar-refractivity contribution < 1.29 is 9.13 Å². The molecule has 33 heavy (non-hydrogen) atoms. The highest BCUT2D eigenvalue weighted by molar-refractivity contribution is 7.99. The fourth-order valence-electron chi connectivity index (χ4n) is 4.10. The number of halogens is 1. The molecule has 2 unspecified atom stereocenters. The second kappa shape index (κ2) is 11.7. The zero-order valence-electron chi connectivity index (χ0n) is 19.2. The largest absolute Gasteiger partial charge is 0.494 e. The summed E-state index contributed by atoms with van der Waals surface area (Å²) in [6.45, 7) is 5.94. The van der Waals surface area contributed by atoms with Crippen LogP contribution >= 0.6 is 11.8 Å². The van der Waals surface area contributed by atoms with Gasteiger partial charge in [-0.2, -0.15) is 26.7 Å². The third-order valence-electron chi connectivity index (χ3n) is 5.95. The van der Waals surface area contributed by atoms with Crippen LogP contribution in [0.4, 0.5) is 27.9 Å². The van der Waals surface area contributed by atoms with E-state index in [9.17, 15) is 4.39 Å². The maximum Gasteiger partial charge on any atom is 0.233 e. The zero-order valence-corrected chi connectivity index (χ0v) is 20.1. The van der Waals surface area contributed by atoms with E-state index in [0.29, 0.717) is 36.2 Å². The summed E-state index contributed by atoms with van der Waals surface area (Å²) >= 11 is 1.98. The van der Waals surface area contributed by atoms with Crippen molar-refractivity contribution in [3.05, 3.63) is 24.0 Å². The van der Waals surface area contributed by atoms with Gasteiger partial charge in [-0.1, -0.05) is 6.92 Å². The molecule has 4 N–H and O–H groups in total. The molecule has 0 bridgehead atoms. The molecular formula is C22H33FN8OS. The Labute approximate surface area is 198 Å². The Hall–Kier alpha value is -2.37. The van der Waals surface area contributed by atoms with Gasteiger partial charge in [0.1, 0.15) is 0 Å². The summed E-state index contributed by atoms with van der Waals surface area (Å²) in [5, 5.41) is 13.5. The van der Waals surface area contributed by atoms with E-state index < -0.39 is 5.82 Å². The van der Waals surface area contributed by atoms with Crippen LogP contribution in [-0.2, 0) is 0 Å². The van der Waals surface area contributed by atoms with E-state index in [1.165, 1.54) is 19.6 Å². The number of nitrogens with one attached hydrogen (secondary N) is 4. The van der Waals surface area contributed by atoms with Crippen LogP contribution in [-0.4, -0.2) is 76.9 Å². The molecule has 2 fully saturated rings. The molecular weight excluding hydrogens is 443 g/mol. The highest BCUT2D eigenvalue weighted by atomic mass is 32.2. The van der Waals surface area contributed by atoms with Crippen LogP contribution in [0.25, 0.3) is 0 Å². The van der Waals surface area contributed by atoms with Gasteiger partial charge in [0.15, 0.2) is 11.6 Å². The normalized spacial score (nSPS) is 19.8. The second-order valence-corrected chi connectivity index (χ2v) is 9.43.